The molecule has 124 valence electrons. The van der Waals surface area contributed by atoms with Gasteiger partial charge in [0.1, 0.15) is 11.6 Å². The maximum absolute atomic E-state index is 12.8. The van der Waals surface area contributed by atoms with Gasteiger partial charge in [-0.05, 0) is 45.0 Å². The van der Waals surface area contributed by atoms with Crippen LogP contribution in [0, 0.1) is 5.82 Å². The van der Waals surface area contributed by atoms with Gasteiger partial charge >= 0.3 is 0 Å². The highest BCUT2D eigenvalue weighted by Gasteiger charge is 2.17. The van der Waals surface area contributed by atoms with Gasteiger partial charge in [-0.25, -0.2) is 4.39 Å². The molecular weight excluding hydrogens is 321 g/mol. The van der Waals surface area contributed by atoms with Gasteiger partial charge in [-0.2, -0.15) is 0 Å². The van der Waals surface area contributed by atoms with Gasteiger partial charge in [0.05, 0.1) is 5.75 Å². The number of halogens is 1. The molecule has 1 heterocycles. The highest BCUT2D eigenvalue weighted by atomic mass is 32.2. The molecule has 0 aliphatic rings. The van der Waals surface area contributed by atoms with E-state index in [0.717, 1.165) is 11.8 Å². The second kappa shape index (κ2) is 7.96. The first-order valence-electron chi connectivity index (χ1n) is 7.12. The van der Waals surface area contributed by atoms with Crippen molar-refractivity contribution in [3.8, 4) is 5.75 Å². The van der Waals surface area contributed by atoms with Gasteiger partial charge in [0, 0.05) is 6.04 Å². The first-order chi connectivity index (χ1) is 10.9. The van der Waals surface area contributed by atoms with E-state index in [2.05, 4.69) is 15.5 Å². The molecule has 0 saturated heterocycles. The van der Waals surface area contributed by atoms with Crippen molar-refractivity contribution in [2.24, 2.45) is 0 Å². The number of carbonyl (C=O) groups is 1. The molecule has 0 fully saturated rings. The summed E-state index contributed by atoms with van der Waals surface area (Å²) < 4.78 is 23.9. The van der Waals surface area contributed by atoms with Crippen molar-refractivity contribution in [1.82, 2.24) is 15.5 Å². The largest absolute Gasteiger partial charge is 0.481 e. The first kappa shape index (κ1) is 17.3. The third-order valence-electron chi connectivity index (χ3n) is 2.67. The minimum Gasteiger partial charge on any atom is -0.481 e. The summed E-state index contributed by atoms with van der Waals surface area (Å²) in [7, 11) is 0. The molecule has 0 radical (unpaired) electrons. The van der Waals surface area contributed by atoms with E-state index >= 15 is 0 Å². The minimum absolute atomic E-state index is 0.0884. The third-order valence-corrected chi connectivity index (χ3v) is 3.49. The van der Waals surface area contributed by atoms with Gasteiger partial charge in [0.15, 0.2) is 6.10 Å². The monoisotopic (exact) mass is 339 g/mol. The Hall–Kier alpha value is -2.09. The fourth-order valence-electron chi connectivity index (χ4n) is 1.70. The van der Waals surface area contributed by atoms with Crippen molar-refractivity contribution in [3.05, 3.63) is 36.0 Å². The van der Waals surface area contributed by atoms with Crippen LogP contribution in [0.25, 0.3) is 0 Å². The molecule has 6 nitrogen and oxygen atoms in total. The molecule has 0 aliphatic carbocycles. The van der Waals surface area contributed by atoms with Crippen molar-refractivity contribution < 1.29 is 18.3 Å². The molecule has 1 amide bonds. The van der Waals surface area contributed by atoms with Crippen LogP contribution in [0.1, 0.15) is 32.8 Å². The summed E-state index contributed by atoms with van der Waals surface area (Å²) in [5.41, 5.74) is 0. The summed E-state index contributed by atoms with van der Waals surface area (Å²) in [4.78, 5) is 11.6. The smallest absolute Gasteiger partial charge is 0.277 e. The molecule has 1 N–H and O–H groups in total. The molecule has 23 heavy (non-hydrogen) atoms. The number of hydrogen-bond acceptors (Lipinski definition) is 6. The zero-order valence-electron chi connectivity index (χ0n) is 13.1. The van der Waals surface area contributed by atoms with E-state index in [4.69, 9.17) is 9.15 Å². The molecule has 2 aromatic rings. The number of rotatable bonds is 7. The van der Waals surface area contributed by atoms with E-state index in [9.17, 15) is 9.18 Å². The van der Waals surface area contributed by atoms with Crippen LogP contribution in [-0.4, -0.2) is 27.9 Å². The zero-order valence-corrected chi connectivity index (χ0v) is 13.9. The molecule has 8 heteroatoms. The molecule has 0 spiro atoms. The van der Waals surface area contributed by atoms with E-state index in [0.29, 0.717) is 16.9 Å². The number of benzene rings is 1. The summed E-state index contributed by atoms with van der Waals surface area (Å²) in [6.45, 7) is 5.53. The van der Waals surface area contributed by atoms with E-state index < -0.39 is 6.10 Å². The van der Waals surface area contributed by atoms with E-state index in [1.807, 2.05) is 13.8 Å². The second-order valence-corrected chi connectivity index (χ2v) is 6.06. The summed E-state index contributed by atoms with van der Waals surface area (Å²) in [6.07, 6.45) is -0.480. The van der Waals surface area contributed by atoms with Crippen molar-refractivity contribution in [2.45, 2.75) is 38.1 Å². The van der Waals surface area contributed by atoms with E-state index in [-0.39, 0.29) is 23.5 Å². The average molecular weight is 339 g/mol. The van der Waals surface area contributed by atoms with Gasteiger partial charge in [0.2, 0.25) is 5.91 Å². The summed E-state index contributed by atoms with van der Waals surface area (Å²) in [6, 6.07) is 5.75. The molecule has 0 bridgehead atoms. The number of nitrogens with zero attached hydrogens (tertiary/aromatic N) is 2. The molecule has 1 atom stereocenters. The standard InChI is InChI=1S/C15H18FN3O3S/c1-9(2)17-13(20)8-23-15-19-18-14(22-15)10(3)21-12-6-4-11(16)5-7-12/h4-7,9-10H,8H2,1-3H3,(H,17,20)/t10-/m0/s1. The van der Waals surface area contributed by atoms with Gasteiger partial charge in [-0.1, -0.05) is 11.8 Å². The number of amides is 1. The van der Waals surface area contributed by atoms with Crippen LogP contribution >= 0.6 is 11.8 Å². The van der Waals surface area contributed by atoms with Crippen LogP contribution in [0.5, 0.6) is 5.75 Å². The van der Waals surface area contributed by atoms with E-state index in [1.54, 1.807) is 6.92 Å². The maximum Gasteiger partial charge on any atom is 0.277 e. The lowest BCUT2D eigenvalue weighted by Gasteiger charge is -2.10. The SMILES string of the molecule is CC(C)NC(=O)CSc1nnc([C@H](C)Oc2ccc(F)cc2)o1. The first-order valence-corrected chi connectivity index (χ1v) is 8.10. The fourth-order valence-corrected chi connectivity index (χ4v) is 2.28. The van der Waals surface area contributed by atoms with Crippen LogP contribution < -0.4 is 10.1 Å². The Kier molecular flexibility index (Phi) is 5.97. The predicted molar refractivity (Wildman–Crippen MR) is 83.7 cm³/mol. The molecule has 2 rings (SSSR count). The number of carbonyl (C=O) groups excluding carboxylic acids is 1. The number of nitrogens with one attached hydrogen (secondary N) is 1. The summed E-state index contributed by atoms with van der Waals surface area (Å²) in [5, 5.41) is 10.8. The highest BCUT2D eigenvalue weighted by Crippen LogP contribution is 2.24. The van der Waals surface area contributed by atoms with E-state index in [1.165, 1.54) is 24.3 Å². The van der Waals surface area contributed by atoms with Crippen LogP contribution in [0.3, 0.4) is 0 Å². The minimum atomic E-state index is -0.480. The Morgan fingerprint density at radius 2 is 2.00 bits per heavy atom. The maximum atomic E-state index is 12.8. The molecule has 1 aromatic heterocycles. The molecule has 1 aromatic carbocycles. The van der Waals surface area contributed by atoms with Crippen molar-refractivity contribution >= 4 is 17.7 Å². The number of aromatic nitrogens is 2. The average Bonchev–Trinajstić information content (AvgIpc) is 2.96. The Morgan fingerprint density at radius 3 is 2.65 bits per heavy atom. The third kappa shape index (κ3) is 5.55. The quantitative estimate of drug-likeness (QED) is 0.782. The summed E-state index contributed by atoms with van der Waals surface area (Å²) >= 11 is 1.16. The lowest BCUT2D eigenvalue weighted by Crippen LogP contribution is -2.31. The molecular formula is C15H18FN3O3S. The lowest BCUT2D eigenvalue weighted by molar-refractivity contribution is -0.119. The van der Waals surface area contributed by atoms with Gasteiger partial charge < -0.3 is 14.5 Å². The van der Waals surface area contributed by atoms with Gasteiger partial charge in [-0.3, -0.25) is 4.79 Å². The molecule has 0 aliphatic heterocycles. The Balaban J connectivity index is 1.88. The number of thioether (sulfide) groups is 1. The van der Waals surface area contributed by atoms with Crippen molar-refractivity contribution in [1.29, 1.82) is 0 Å². The number of hydrogen-bond donors (Lipinski definition) is 1. The Labute approximate surface area is 137 Å². The zero-order chi connectivity index (χ0) is 16.8. The topological polar surface area (TPSA) is 77.2 Å². The second-order valence-electron chi connectivity index (χ2n) is 5.13. The van der Waals surface area contributed by atoms with Crippen LogP contribution in [0.15, 0.2) is 33.9 Å². The van der Waals surface area contributed by atoms with Crippen molar-refractivity contribution in [3.63, 3.8) is 0 Å². The predicted octanol–water partition coefficient (Wildman–Crippen LogP) is 2.97. The normalized spacial score (nSPS) is 12.2. The van der Waals surface area contributed by atoms with Gasteiger partial charge in [0.25, 0.3) is 11.1 Å². The fraction of sp³-hybridized carbons (Fsp3) is 0.400. The lowest BCUT2D eigenvalue weighted by atomic mass is 10.3. The van der Waals surface area contributed by atoms with Gasteiger partial charge in [-0.15, -0.1) is 10.2 Å². The Morgan fingerprint density at radius 1 is 1.30 bits per heavy atom. The Bertz CT molecular complexity index is 646. The summed E-state index contributed by atoms with van der Waals surface area (Å²) in [5.74, 6) is 0.567. The van der Waals surface area contributed by atoms with Crippen LogP contribution in [0.2, 0.25) is 0 Å². The van der Waals surface area contributed by atoms with Crippen molar-refractivity contribution in [2.75, 3.05) is 5.75 Å². The van der Waals surface area contributed by atoms with Crippen LogP contribution in [0.4, 0.5) is 4.39 Å². The van der Waals surface area contributed by atoms with Crippen LogP contribution in [-0.2, 0) is 4.79 Å². The highest BCUT2D eigenvalue weighted by molar-refractivity contribution is 7.99. The number of ether oxygens (including phenoxy) is 1. The molecule has 0 unspecified atom stereocenters. The molecule has 0 saturated carbocycles.